The van der Waals surface area contributed by atoms with Crippen LogP contribution in [0.1, 0.15) is 10.9 Å². The molecule has 0 aliphatic carbocycles. The number of nitrogens with two attached hydrogens (primary N) is 1. The van der Waals surface area contributed by atoms with Gasteiger partial charge >= 0.3 is 6.03 Å². The number of nitrogens with zero attached hydrogens (tertiary/aromatic N) is 1. The molecule has 6 heteroatoms. The summed E-state index contributed by atoms with van der Waals surface area (Å²) in [6.07, 6.45) is 0. The van der Waals surface area contributed by atoms with E-state index in [0.29, 0.717) is 13.1 Å². The molecule has 1 fully saturated rings. The first kappa shape index (κ1) is 9.97. The van der Waals surface area contributed by atoms with Gasteiger partial charge in [-0.25, -0.2) is 4.79 Å². The predicted octanol–water partition coefficient (Wildman–Crippen LogP) is 0.300. The van der Waals surface area contributed by atoms with Crippen LogP contribution in [0.15, 0.2) is 17.5 Å². The number of primary amides is 1. The molecule has 1 aromatic heterocycles. The Hall–Kier alpha value is -1.56. The van der Waals surface area contributed by atoms with Gasteiger partial charge in [-0.15, -0.1) is 11.3 Å². The molecule has 2 heterocycles. The van der Waals surface area contributed by atoms with Crippen molar-refractivity contribution in [3.8, 4) is 0 Å². The highest BCUT2D eigenvalue weighted by molar-refractivity contribution is 7.10. The monoisotopic (exact) mass is 225 g/mol. The van der Waals surface area contributed by atoms with Crippen molar-refractivity contribution in [2.45, 2.75) is 6.04 Å². The summed E-state index contributed by atoms with van der Waals surface area (Å²) in [6, 6.07) is 2.57. The maximum atomic E-state index is 11.7. The van der Waals surface area contributed by atoms with Crippen molar-refractivity contribution >= 4 is 23.3 Å². The smallest absolute Gasteiger partial charge is 0.315 e. The molecule has 1 aromatic rings. The average Bonchev–Trinajstić information content (AvgIpc) is 2.70. The topological polar surface area (TPSA) is 75.4 Å². The Bertz CT molecular complexity index is 377. The molecular formula is C9H11N3O2S. The predicted molar refractivity (Wildman–Crippen MR) is 56.4 cm³/mol. The molecule has 0 spiro atoms. The molecule has 3 N–H and O–H groups in total. The second-order valence-electron chi connectivity index (χ2n) is 3.24. The number of hydrogen-bond donors (Lipinski definition) is 2. The van der Waals surface area contributed by atoms with Crippen LogP contribution in [-0.2, 0) is 4.79 Å². The van der Waals surface area contributed by atoms with Gasteiger partial charge in [0.1, 0.15) is 6.04 Å². The number of rotatable bonds is 1. The first-order valence-corrected chi connectivity index (χ1v) is 5.45. The number of amides is 3. The second-order valence-corrected chi connectivity index (χ2v) is 4.22. The van der Waals surface area contributed by atoms with Crippen LogP contribution in [0.3, 0.4) is 0 Å². The number of nitrogens with one attached hydrogen (secondary N) is 1. The van der Waals surface area contributed by atoms with E-state index in [4.69, 9.17) is 5.73 Å². The summed E-state index contributed by atoms with van der Waals surface area (Å²) in [4.78, 5) is 25.1. The molecule has 3 amide bonds. The third kappa shape index (κ3) is 1.80. The van der Waals surface area contributed by atoms with Crippen LogP contribution >= 0.6 is 11.3 Å². The highest BCUT2D eigenvalue weighted by atomic mass is 32.1. The van der Waals surface area contributed by atoms with Crippen molar-refractivity contribution in [2.75, 3.05) is 13.1 Å². The van der Waals surface area contributed by atoms with Crippen molar-refractivity contribution < 1.29 is 9.59 Å². The zero-order valence-corrected chi connectivity index (χ0v) is 8.79. The molecule has 1 aliphatic heterocycles. The van der Waals surface area contributed by atoms with Gasteiger partial charge in [-0.1, -0.05) is 6.07 Å². The molecule has 1 unspecified atom stereocenters. The summed E-state index contributed by atoms with van der Waals surface area (Å²) in [5.41, 5.74) is 5.24. The molecular weight excluding hydrogens is 214 g/mol. The van der Waals surface area contributed by atoms with E-state index in [9.17, 15) is 9.59 Å². The van der Waals surface area contributed by atoms with Crippen molar-refractivity contribution in [3.05, 3.63) is 22.4 Å². The SMILES string of the molecule is NC(=O)N1CCNC(=O)C1c1cccs1. The standard InChI is InChI=1S/C9H11N3O2S/c10-9(14)12-4-3-11-8(13)7(12)6-2-1-5-15-6/h1-2,5,7H,3-4H2,(H2,10,14)(H,11,13). The minimum absolute atomic E-state index is 0.164. The maximum Gasteiger partial charge on any atom is 0.315 e. The second kappa shape index (κ2) is 3.90. The maximum absolute atomic E-state index is 11.7. The fourth-order valence-electron chi connectivity index (χ4n) is 1.63. The molecule has 2 rings (SSSR count). The van der Waals surface area contributed by atoms with Crippen LogP contribution < -0.4 is 11.1 Å². The first-order valence-electron chi connectivity index (χ1n) is 4.57. The van der Waals surface area contributed by atoms with Gasteiger partial charge in [0, 0.05) is 18.0 Å². The first-order chi connectivity index (χ1) is 7.20. The highest BCUT2D eigenvalue weighted by Gasteiger charge is 2.33. The summed E-state index contributed by atoms with van der Waals surface area (Å²) in [7, 11) is 0. The molecule has 5 nitrogen and oxygen atoms in total. The number of piperazine rings is 1. The third-order valence-corrected chi connectivity index (χ3v) is 3.23. The van der Waals surface area contributed by atoms with Gasteiger partial charge < -0.3 is 16.0 Å². The summed E-state index contributed by atoms with van der Waals surface area (Å²) in [5, 5.41) is 4.59. The van der Waals surface area contributed by atoms with Gasteiger partial charge in [-0.3, -0.25) is 4.79 Å². The van der Waals surface area contributed by atoms with Crippen LogP contribution in [0.25, 0.3) is 0 Å². The van der Waals surface area contributed by atoms with Crippen molar-refractivity contribution in [1.29, 1.82) is 0 Å². The largest absolute Gasteiger partial charge is 0.352 e. The quantitative estimate of drug-likeness (QED) is 0.721. The lowest BCUT2D eigenvalue weighted by molar-refractivity contribution is -0.127. The zero-order chi connectivity index (χ0) is 10.8. The van der Waals surface area contributed by atoms with Crippen molar-refractivity contribution in [2.24, 2.45) is 5.73 Å². The van der Waals surface area contributed by atoms with E-state index in [-0.39, 0.29) is 5.91 Å². The Morgan fingerprint density at radius 1 is 1.67 bits per heavy atom. The fourth-order valence-corrected chi connectivity index (χ4v) is 2.47. The Morgan fingerprint density at radius 2 is 2.47 bits per heavy atom. The highest BCUT2D eigenvalue weighted by Crippen LogP contribution is 2.26. The van der Waals surface area contributed by atoms with Crippen molar-refractivity contribution in [3.63, 3.8) is 0 Å². The minimum atomic E-state index is -0.559. The van der Waals surface area contributed by atoms with Crippen LogP contribution in [0.2, 0.25) is 0 Å². The van der Waals surface area contributed by atoms with Crippen LogP contribution in [0, 0.1) is 0 Å². The summed E-state index contributed by atoms with van der Waals surface area (Å²) < 4.78 is 0. The lowest BCUT2D eigenvalue weighted by Crippen LogP contribution is -2.53. The minimum Gasteiger partial charge on any atom is -0.352 e. The van der Waals surface area contributed by atoms with Gasteiger partial charge in [0.25, 0.3) is 0 Å². The van der Waals surface area contributed by atoms with Crippen LogP contribution in [0.4, 0.5) is 4.79 Å². The normalized spacial score (nSPS) is 21.2. The lowest BCUT2D eigenvalue weighted by atomic mass is 10.1. The van der Waals surface area contributed by atoms with Crippen LogP contribution in [-0.4, -0.2) is 29.9 Å². The summed E-state index contributed by atoms with van der Waals surface area (Å²) in [6.45, 7) is 0.924. The van der Waals surface area contributed by atoms with E-state index in [0.717, 1.165) is 4.88 Å². The molecule has 0 radical (unpaired) electrons. The average molecular weight is 225 g/mol. The van der Waals surface area contributed by atoms with E-state index in [1.165, 1.54) is 16.2 Å². The van der Waals surface area contributed by atoms with Crippen molar-refractivity contribution in [1.82, 2.24) is 10.2 Å². The van der Waals surface area contributed by atoms with Gasteiger partial charge in [0.2, 0.25) is 5.91 Å². The van der Waals surface area contributed by atoms with Gasteiger partial charge in [0.05, 0.1) is 0 Å². The van der Waals surface area contributed by atoms with Gasteiger partial charge in [0.15, 0.2) is 0 Å². The molecule has 0 saturated carbocycles. The molecule has 0 bridgehead atoms. The van der Waals surface area contributed by atoms with Crippen LogP contribution in [0.5, 0.6) is 0 Å². The summed E-state index contributed by atoms with van der Waals surface area (Å²) in [5.74, 6) is -0.164. The number of hydrogen-bond acceptors (Lipinski definition) is 3. The van der Waals surface area contributed by atoms with E-state index < -0.39 is 12.1 Å². The van der Waals surface area contributed by atoms with E-state index in [1.807, 2.05) is 17.5 Å². The van der Waals surface area contributed by atoms with E-state index in [1.54, 1.807) is 0 Å². The third-order valence-electron chi connectivity index (χ3n) is 2.31. The van der Waals surface area contributed by atoms with Gasteiger partial charge in [-0.2, -0.15) is 0 Å². The molecule has 80 valence electrons. The molecule has 1 aliphatic rings. The summed E-state index contributed by atoms with van der Waals surface area (Å²) >= 11 is 1.44. The van der Waals surface area contributed by atoms with E-state index in [2.05, 4.69) is 5.32 Å². The number of urea groups is 1. The molecule has 1 saturated heterocycles. The Morgan fingerprint density at radius 3 is 3.07 bits per heavy atom. The fraction of sp³-hybridized carbons (Fsp3) is 0.333. The number of carbonyl (C=O) groups is 2. The molecule has 15 heavy (non-hydrogen) atoms. The molecule has 0 aromatic carbocycles. The number of carbonyl (C=O) groups excluding carboxylic acids is 2. The van der Waals surface area contributed by atoms with E-state index >= 15 is 0 Å². The number of thiophene rings is 1. The lowest BCUT2D eigenvalue weighted by Gasteiger charge is -2.32. The Balaban J connectivity index is 2.31. The zero-order valence-electron chi connectivity index (χ0n) is 7.97. The molecule has 1 atom stereocenters. The van der Waals surface area contributed by atoms with Gasteiger partial charge in [-0.05, 0) is 11.4 Å². The Kier molecular flexibility index (Phi) is 2.59. The Labute approximate surface area is 90.9 Å².